The van der Waals surface area contributed by atoms with Gasteiger partial charge in [0.1, 0.15) is 0 Å². The van der Waals surface area contributed by atoms with Crippen LogP contribution < -0.4 is 5.32 Å². The van der Waals surface area contributed by atoms with Crippen LogP contribution in [0.5, 0.6) is 0 Å². The molecule has 0 spiro atoms. The van der Waals surface area contributed by atoms with Crippen molar-refractivity contribution in [3.05, 3.63) is 35.4 Å². The minimum atomic E-state index is -4.39. The molecule has 1 aromatic rings. The van der Waals surface area contributed by atoms with Crippen LogP contribution in [0.2, 0.25) is 0 Å². The van der Waals surface area contributed by atoms with Crippen LogP contribution in [-0.2, 0) is 26.9 Å². The largest absolute Gasteiger partial charge is 0.481 e. The zero-order valence-electron chi connectivity index (χ0n) is 14.3. The van der Waals surface area contributed by atoms with Crippen molar-refractivity contribution in [3.8, 4) is 0 Å². The number of alkyl halides is 3. The van der Waals surface area contributed by atoms with E-state index < -0.39 is 23.1 Å². The van der Waals surface area contributed by atoms with Gasteiger partial charge in [0.15, 0.2) is 0 Å². The summed E-state index contributed by atoms with van der Waals surface area (Å²) in [5, 5.41) is 12.1. The van der Waals surface area contributed by atoms with Gasteiger partial charge in [0.2, 0.25) is 5.91 Å². The van der Waals surface area contributed by atoms with E-state index in [1.807, 2.05) is 0 Å². The lowest BCUT2D eigenvalue weighted by molar-refractivity contribution is -0.154. The topological polar surface area (TPSA) is 75.6 Å². The van der Waals surface area contributed by atoms with E-state index >= 15 is 0 Å². The maximum atomic E-state index is 12.7. The SMILES string of the molecule is O=C(CCCc1cccc(C(F)(F)F)c1)NCC1(C(=O)O)CCOCC1. The molecule has 144 valence electrons. The molecule has 0 atom stereocenters. The van der Waals surface area contributed by atoms with Gasteiger partial charge in [-0.15, -0.1) is 0 Å². The van der Waals surface area contributed by atoms with Crippen LogP contribution in [0, 0.1) is 5.41 Å². The van der Waals surface area contributed by atoms with Gasteiger partial charge >= 0.3 is 12.1 Å². The third kappa shape index (κ3) is 5.45. The van der Waals surface area contributed by atoms with Crippen LogP contribution in [-0.4, -0.2) is 36.7 Å². The van der Waals surface area contributed by atoms with Crippen LogP contribution in [0.4, 0.5) is 13.2 Å². The average molecular weight is 373 g/mol. The van der Waals surface area contributed by atoms with Gasteiger partial charge in [-0.2, -0.15) is 13.2 Å². The lowest BCUT2D eigenvalue weighted by Crippen LogP contribution is -2.46. The predicted octanol–water partition coefficient (Wildman–Crippen LogP) is 3.03. The number of aryl methyl sites for hydroxylation is 1. The maximum absolute atomic E-state index is 12.7. The first kappa shape index (κ1) is 20.2. The van der Waals surface area contributed by atoms with Crippen molar-refractivity contribution in [2.24, 2.45) is 5.41 Å². The van der Waals surface area contributed by atoms with E-state index in [1.165, 1.54) is 6.07 Å². The summed E-state index contributed by atoms with van der Waals surface area (Å²) in [6.45, 7) is 0.726. The summed E-state index contributed by atoms with van der Waals surface area (Å²) in [6.07, 6.45) is -2.85. The summed E-state index contributed by atoms with van der Waals surface area (Å²) in [5.74, 6) is -1.26. The molecule has 0 unspecified atom stereocenters. The standard InChI is InChI=1S/C18H22F3NO4/c19-18(20,21)14-5-1-3-13(11-14)4-2-6-15(23)22-12-17(16(24)25)7-9-26-10-8-17/h1,3,5,11H,2,4,6-10,12H2,(H,22,23)(H,24,25). The molecular formula is C18H22F3NO4. The number of hydrogen-bond acceptors (Lipinski definition) is 3. The minimum Gasteiger partial charge on any atom is -0.481 e. The number of benzene rings is 1. The van der Waals surface area contributed by atoms with E-state index in [4.69, 9.17) is 4.74 Å². The summed E-state index contributed by atoms with van der Waals surface area (Å²) in [5.41, 5.74) is -1.20. The van der Waals surface area contributed by atoms with Gasteiger partial charge in [-0.05, 0) is 37.3 Å². The number of carbonyl (C=O) groups excluding carboxylic acids is 1. The summed E-state index contributed by atoms with van der Waals surface area (Å²) < 4.78 is 43.2. The molecule has 1 heterocycles. The molecule has 0 radical (unpaired) electrons. The molecule has 1 amide bonds. The number of carboxylic acid groups (broad SMARTS) is 1. The number of halogens is 3. The first-order chi connectivity index (χ1) is 12.2. The van der Waals surface area contributed by atoms with Gasteiger partial charge in [0, 0.05) is 26.2 Å². The number of carbonyl (C=O) groups is 2. The molecule has 0 aliphatic carbocycles. The second-order valence-corrected chi connectivity index (χ2v) is 6.53. The Hall–Kier alpha value is -2.09. The van der Waals surface area contributed by atoms with Crippen LogP contribution >= 0.6 is 0 Å². The molecule has 1 fully saturated rings. The highest BCUT2D eigenvalue weighted by Crippen LogP contribution is 2.31. The smallest absolute Gasteiger partial charge is 0.416 e. The highest BCUT2D eigenvalue weighted by molar-refractivity contribution is 5.79. The fourth-order valence-electron chi connectivity index (χ4n) is 2.94. The molecule has 0 bridgehead atoms. The molecule has 5 nitrogen and oxygen atoms in total. The van der Waals surface area contributed by atoms with Crippen molar-refractivity contribution in [1.82, 2.24) is 5.32 Å². The van der Waals surface area contributed by atoms with E-state index in [0.717, 1.165) is 12.1 Å². The van der Waals surface area contributed by atoms with Crippen LogP contribution in [0.15, 0.2) is 24.3 Å². The Morgan fingerprint density at radius 2 is 1.92 bits per heavy atom. The van der Waals surface area contributed by atoms with E-state index in [0.29, 0.717) is 44.5 Å². The Morgan fingerprint density at radius 3 is 2.54 bits per heavy atom. The van der Waals surface area contributed by atoms with Gasteiger partial charge in [0.05, 0.1) is 11.0 Å². The summed E-state index contributed by atoms with van der Waals surface area (Å²) in [7, 11) is 0. The fraction of sp³-hybridized carbons (Fsp3) is 0.556. The van der Waals surface area contributed by atoms with Gasteiger partial charge in [0.25, 0.3) is 0 Å². The van der Waals surface area contributed by atoms with Gasteiger partial charge in [-0.3, -0.25) is 9.59 Å². The lowest BCUT2D eigenvalue weighted by atomic mass is 9.80. The molecule has 0 saturated carbocycles. The van der Waals surface area contributed by atoms with E-state index in [2.05, 4.69) is 5.32 Å². The van der Waals surface area contributed by atoms with Gasteiger partial charge in [-0.1, -0.05) is 18.2 Å². The molecule has 2 rings (SSSR count). The van der Waals surface area contributed by atoms with Crippen LogP contribution in [0.3, 0.4) is 0 Å². The summed E-state index contributed by atoms with van der Waals surface area (Å²) in [4.78, 5) is 23.5. The first-order valence-corrected chi connectivity index (χ1v) is 8.47. The predicted molar refractivity (Wildman–Crippen MR) is 87.5 cm³/mol. The Kier molecular flexibility index (Phi) is 6.63. The Morgan fingerprint density at radius 1 is 1.23 bits per heavy atom. The Bertz CT molecular complexity index is 640. The van der Waals surface area contributed by atoms with Crippen LogP contribution in [0.1, 0.15) is 36.8 Å². The van der Waals surface area contributed by atoms with Crippen molar-refractivity contribution >= 4 is 11.9 Å². The van der Waals surface area contributed by atoms with Crippen molar-refractivity contribution < 1.29 is 32.6 Å². The van der Waals surface area contributed by atoms with Gasteiger partial charge < -0.3 is 15.2 Å². The number of carboxylic acids is 1. The number of aliphatic carboxylic acids is 1. The average Bonchev–Trinajstić information content (AvgIpc) is 2.60. The van der Waals surface area contributed by atoms with Crippen molar-refractivity contribution in [1.29, 1.82) is 0 Å². The number of hydrogen-bond donors (Lipinski definition) is 2. The highest BCUT2D eigenvalue weighted by Gasteiger charge is 2.40. The molecule has 1 aliphatic heterocycles. The number of ether oxygens (including phenoxy) is 1. The third-order valence-electron chi connectivity index (χ3n) is 4.65. The Labute approximate surface area is 149 Å². The number of nitrogens with one attached hydrogen (secondary N) is 1. The summed E-state index contributed by atoms with van der Waals surface area (Å²) in [6, 6.07) is 5.03. The normalized spacial score (nSPS) is 16.9. The molecule has 0 aromatic heterocycles. The zero-order valence-corrected chi connectivity index (χ0v) is 14.3. The van der Waals surface area contributed by atoms with Gasteiger partial charge in [-0.25, -0.2) is 0 Å². The lowest BCUT2D eigenvalue weighted by Gasteiger charge is -2.33. The summed E-state index contributed by atoms with van der Waals surface area (Å²) >= 11 is 0. The second kappa shape index (κ2) is 8.53. The molecule has 2 N–H and O–H groups in total. The van der Waals surface area contributed by atoms with E-state index in [9.17, 15) is 27.9 Å². The van der Waals surface area contributed by atoms with Crippen molar-refractivity contribution in [2.75, 3.05) is 19.8 Å². The molecular weight excluding hydrogens is 351 g/mol. The molecule has 1 aliphatic rings. The number of amides is 1. The minimum absolute atomic E-state index is 0.0358. The maximum Gasteiger partial charge on any atom is 0.416 e. The molecule has 8 heteroatoms. The monoisotopic (exact) mass is 373 g/mol. The third-order valence-corrected chi connectivity index (χ3v) is 4.65. The van der Waals surface area contributed by atoms with E-state index in [-0.39, 0.29) is 18.9 Å². The molecule has 26 heavy (non-hydrogen) atoms. The molecule has 1 saturated heterocycles. The zero-order chi connectivity index (χ0) is 19.2. The van der Waals surface area contributed by atoms with Crippen molar-refractivity contribution in [2.45, 2.75) is 38.3 Å². The van der Waals surface area contributed by atoms with Crippen molar-refractivity contribution in [3.63, 3.8) is 0 Å². The quantitative estimate of drug-likeness (QED) is 0.770. The fourth-order valence-corrected chi connectivity index (χ4v) is 2.94. The highest BCUT2D eigenvalue weighted by atomic mass is 19.4. The Balaban J connectivity index is 1.79. The molecule has 1 aromatic carbocycles. The number of rotatable bonds is 7. The van der Waals surface area contributed by atoms with E-state index in [1.54, 1.807) is 6.07 Å². The van der Waals surface area contributed by atoms with Crippen LogP contribution in [0.25, 0.3) is 0 Å². The second-order valence-electron chi connectivity index (χ2n) is 6.53. The first-order valence-electron chi connectivity index (χ1n) is 8.47.